The number of fused-ring (bicyclic) bond motifs is 2. The Labute approximate surface area is 214 Å². The first-order valence-electron chi connectivity index (χ1n) is 13.0. The van der Waals surface area contributed by atoms with Crippen molar-refractivity contribution in [3.8, 4) is 5.88 Å². The second-order valence-corrected chi connectivity index (χ2v) is 10.7. The number of likely N-dealkylation sites (tertiary alicyclic amines) is 1. The predicted molar refractivity (Wildman–Crippen MR) is 137 cm³/mol. The number of imidazole rings is 1. The van der Waals surface area contributed by atoms with Gasteiger partial charge in [-0.3, -0.25) is 4.79 Å². The van der Waals surface area contributed by atoms with Gasteiger partial charge in [0.15, 0.2) is 0 Å². The number of benzene rings is 1. The van der Waals surface area contributed by atoms with Crippen molar-refractivity contribution in [1.29, 1.82) is 0 Å². The van der Waals surface area contributed by atoms with Crippen molar-refractivity contribution in [3.63, 3.8) is 0 Å². The summed E-state index contributed by atoms with van der Waals surface area (Å²) in [6.07, 6.45) is 7.11. The molecule has 1 saturated heterocycles. The van der Waals surface area contributed by atoms with E-state index in [1.54, 1.807) is 6.07 Å². The number of hydrogen-bond acceptors (Lipinski definition) is 5. The van der Waals surface area contributed by atoms with Crippen molar-refractivity contribution < 1.29 is 18.3 Å². The third-order valence-corrected chi connectivity index (χ3v) is 7.99. The lowest BCUT2D eigenvalue weighted by molar-refractivity contribution is -0.0529. The summed E-state index contributed by atoms with van der Waals surface area (Å²) in [5, 5.41) is 0. The lowest BCUT2D eigenvalue weighted by atomic mass is 9.93. The summed E-state index contributed by atoms with van der Waals surface area (Å²) in [4.78, 5) is 24.6. The lowest BCUT2D eigenvalue weighted by Gasteiger charge is -2.36. The van der Waals surface area contributed by atoms with E-state index in [0.717, 1.165) is 53.0 Å². The molecule has 2 aliphatic carbocycles. The molecule has 1 saturated carbocycles. The Morgan fingerprint density at radius 2 is 1.97 bits per heavy atom. The molecule has 1 amide bonds. The Morgan fingerprint density at radius 1 is 1.16 bits per heavy atom. The number of rotatable bonds is 6. The number of halogens is 2. The van der Waals surface area contributed by atoms with Crippen molar-refractivity contribution in [2.24, 2.45) is 18.7 Å². The van der Waals surface area contributed by atoms with Gasteiger partial charge in [0.25, 0.3) is 5.91 Å². The van der Waals surface area contributed by atoms with E-state index in [1.807, 2.05) is 34.7 Å². The molecule has 1 unspecified atom stereocenters. The van der Waals surface area contributed by atoms with Gasteiger partial charge in [-0.2, -0.15) is 8.78 Å². The van der Waals surface area contributed by atoms with E-state index in [2.05, 4.69) is 22.7 Å². The minimum atomic E-state index is -2.92. The van der Waals surface area contributed by atoms with Crippen LogP contribution in [0.15, 0.2) is 30.3 Å². The number of aromatic nitrogens is 3. The van der Waals surface area contributed by atoms with Gasteiger partial charge in [-0.05, 0) is 68.0 Å². The van der Waals surface area contributed by atoms with Gasteiger partial charge in [0, 0.05) is 48.8 Å². The van der Waals surface area contributed by atoms with E-state index in [1.165, 1.54) is 18.9 Å². The fourth-order valence-electron chi connectivity index (χ4n) is 5.76. The first kappa shape index (κ1) is 24.0. The zero-order valence-corrected chi connectivity index (χ0v) is 21.0. The first-order valence-corrected chi connectivity index (χ1v) is 13.0. The van der Waals surface area contributed by atoms with Crippen molar-refractivity contribution >= 4 is 28.6 Å². The van der Waals surface area contributed by atoms with Gasteiger partial charge in [-0.25, -0.2) is 9.97 Å². The fraction of sp³-hybridized carbons (Fsp3) is 0.464. The third kappa shape index (κ3) is 4.50. The number of alkyl halides is 2. The zero-order valence-electron chi connectivity index (χ0n) is 21.0. The second kappa shape index (κ2) is 9.20. The molecule has 3 heterocycles. The molecule has 194 valence electrons. The number of nitrogens with two attached hydrogens (primary N) is 1. The number of hydrogen-bond donors (Lipinski definition) is 1. The van der Waals surface area contributed by atoms with E-state index in [9.17, 15) is 13.6 Å². The predicted octanol–water partition coefficient (Wildman–Crippen LogP) is 4.96. The highest BCUT2D eigenvalue weighted by Crippen LogP contribution is 2.49. The van der Waals surface area contributed by atoms with E-state index < -0.39 is 6.61 Å². The smallest absolute Gasteiger partial charge is 0.388 e. The number of piperidine rings is 1. The van der Waals surface area contributed by atoms with Gasteiger partial charge in [-0.1, -0.05) is 12.8 Å². The number of allylic oxidation sites excluding steroid dienone is 1. The number of carbonyl (C=O) groups is 1. The third-order valence-electron chi connectivity index (χ3n) is 7.99. The van der Waals surface area contributed by atoms with Crippen molar-refractivity contribution in [2.45, 2.75) is 63.6 Å². The Morgan fingerprint density at radius 3 is 2.73 bits per heavy atom. The number of ether oxygens (including phenoxy) is 1. The average Bonchev–Trinajstić information content (AvgIpc) is 3.55. The van der Waals surface area contributed by atoms with E-state index in [-0.39, 0.29) is 29.8 Å². The molecule has 0 spiro atoms. The average molecular weight is 508 g/mol. The van der Waals surface area contributed by atoms with Crippen LogP contribution in [-0.4, -0.2) is 50.6 Å². The molecule has 3 atom stereocenters. The standard InChI is InChI=1S/C28H31F2N5O2/c1-15-3-8-19(31)14-35(15)27(36)18-6-9-23-22(13-18)32-26(34(23)2)21-12-17-7-10-24(37-28(29)30)33-25(17)20(21)11-16-4-5-16/h6-7,9-10,12-13,15-16,19-20,28H,3-5,8,11,14,31H2,1-2H3/t15-,19+,20?/m0/s1. The molecule has 2 aromatic heterocycles. The van der Waals surface area contributed by atoms with Gasteiger partial charge in [0.05, 0.1) is 16.7 Å². The Kier molecular flexibility index (Phi) is 5.98. The molecule has 1 aliphatic heterocycles. The van der Waals surface area contributed by atoms with Gasteiger partial charge >= 0.3 is 6.61 Å². The van der Waals surface area contributed by atoms with Gasteiger partial charge < -0.3 is 19.9 Å². The van der Waals surface area contributed by atoms with Crippen molar-refractivity contribution in [3.05, 3.63) is 53.0 Å². The van der Waals surface area contributed by atoms with Crippen molar-refractivity contribution in [1.82, 2.24) is 19.4 Å². The topological polar surface area (TPSA) is 86.3 Å². The van der Waals surface area contributed by atoms with Crippen LogP contribution in [0.5, 0.6) is 5.88 Å². The summed E-state index contributed by atoms with van der Waals surface area (Å²) in [5.74, 6) is 1.26. The van der Waals surface area contributed by atoms with E-state index >= 15 is 0 Å². The van der Waals surface area contributed by atoms with Crippen LogP contribution in [0.25, 0.3) is 22.7 Å². The van der Waals surface area contributed by atoms with Crippen LogP contribution in [0.4, 0.5) is 8.78 Å². The van der Waals surface area contributed by atoms with Gasteiger partial charge in [0.1, 0.15) is 5.82 Å². The molecule has 2 N–H and O–H groups in total. The van der Waals surface area contributed by atoms with Crippen LogP contribution in [-0.2, 0) is 7.05 Å². The highest BCUT2D eigenvalue weighted by atomic mass is 19.3. The Hall–Kier alpha value is -3.33. The molecule has 37 heavy (non-hydrogen) atoms. The molecule has 7 nitrogen and oxygen atoms in total. The van der Waals surface area contributed by atoms with Crippen LogP contribution in [0, 0.1) is 5.92 Å². The van der Waals surface area contributed by atoms with Crippen molar-refractivity contribution in [2.75, 3.05) is 6.54 Å². The first-order chi connectivity index (χ1) is 17.8. The molecule has 0 radical (unpaired) electrons. The highest BCUT2D eigenvalue weighted by molar-refractivity contribution is 5.98. The van der Waals surface area contributed by atoms with Crippen LogP contribution >= 0.6 is 0 Å². The molecule has 3 aromatic rings. The van der Waals surface area contributed by atoms with Gasteiger partial charge in [0.2, 0.25) is 5.88 Å². The normalized spacial score (nSPS) is 23.5. The van der Waals surface area contributed by atoms with Crippen LogP contribution in [0.3, 0.4) is 0 Å². The summed E-state index contributed by atoms with van der Waals surface area (Å²) < 4.78 is 32.3. The molecule has 2 fully saturated rings. The summed E-state index contributed by atoms with van der Waals surface area (Å²) in [7, 11) is 1.97. The number of carbonyl (C=O) groups excluding carboxylic acids is 1. The maximum absolute atomic E-state index is 13.3. The number of pyridine rings is 1. The minimum absolute atomic E-state index is 0.00453. The lowest BCUT2D eigenvalue weighted by Crippen LogP contribution is -2.50. The van der Waals surface area contributed by atoms with Crippen LogP contribution in [0.1, 0.15) is 72.4 Å². The maximum Gasteiger partial charge on any atom is 0.388 e. The SMILES string of the molecule is C[C@H]1CC[C@@H](N)CN1C(=O)c1ccc2c(c1)nc(C1=Cc3ccc(OC(F)F)nc3C1CC1CC1)n2C. The summed E-state index contributed by atoms with van der Waals surface area (Å²) in [6.45, 7) is -0.289. The quantitative estimate of drug-likeness (QED) is 0.510. The summed E-state index contributed by atoms with van der Waals surface area (Å²) in [6, 6.07) is 9.09. The van der Waals surface area contributed by atoms with E-state index in [0.29, 0.717) is 18.0 Å². The summed E-state index contributed by atoms with van der Waals surface area (Å²) in [5.41, 5.74) is 11.1. The van der Waals surface area contributed by atoms with Crippen LogP contribution < -0.4 is 10.5 Å². The molecule has 9 heteroatoms. The molecule has 3 aliphatic rings. The monoisotopic (exact) mass is 507 g/mol. The molecular weight excluding hydrogens is 476 g/mol. The van der Waals surface area contributed by atoms with Gasteiger partial charge in [-0.15, -0.1) is 0 Å². The molecular formula is C28H31F2N5O2. The summed E-state index contributed by atoms with van der Waals surface area (Å²) >= 11 is 0. The zero-order chi connectivity index (χ0) is 25.8. The van der Waals surface area contributed by atoms with Crippen LogP contribution in [0.2, 0.25) is 0 Å². The number of amides is 1. The Balaban J connectivity index is 1.34. The minimum Gasteiger partial charge on any atom is -0.417 e. The molecule has 6 rings (SSSR count). The highest BCUT2D eigenvalue weighted by Gasteiger charge is 2.36. The van der Waals surface area contributed by atoms with E-state index in [4.69, 9.17) is 10.7 Å². The number of aryl methyl sites for hydroxylation is 1. The largest absolute Gasteiger partial charge is 0.417 e. The molecule has 0 bridgehead atoms. The maximum atomic E-state index is 13.3. The fourth-order valence-corrected chi connectivity index (χ4v) is 5.76. The molecule has 1 aromatic carbocycles. The Bertz CT molecular complexity index is 1400. The number of nitrogens with zero attached hydrogens (tertiary/aromatic N) is 4. The second-order valence-electron chi connectivity index (χ2n) is 10.7.